The summed E-state index contributed by atoms with van der Waals surface area (Å²) >= 11 is 6.54. The lowest BCUT2D eigenvalue weighted by Gasteiger charge is -2.15. The Kier molecular flexibility index (Phi) is 7.07. The number of para-hydroxylation sites is 2. The summed E-state index contributed by atoms with van der Waals surface area (Å²) < 4.78 is 11.8. The highest BCUT2D eigenvalue weighted by molar-refractivity contribution is 6.31. The Morgan fingerprint density at radius 1 is 0.968 bits per heavy atom. The van der Waals surface area contributed by atoms with E-state index >= 15 is 0 Å². The molecule has 4 rings (SSSR count). The Labute approximate surface area is 187 Å². The van der Waals surface area contributed by atoms with Gasteiger partial charge in [0.2, 0.25) is 0 Å². The number of H-pyrrole nitrogens is 1. The van der Waals surface area contributed by atoms with E-state index in [1.165, 1.54) is 0 Å². The molecule has 0 spiro atoms. The van der Waals surface area contributed by atoms with Gasteiger partial charge in [0.1, 0.15) is 12.4 Å². The van der Waals surface area contributed by atoms with Crippen LogP contribution in [0.2, 0.25) is 5.02 Å². The normalized spacial score (nSPS) is 11.0. The number of aromatic nitrogens is 2. The molecule has 0 unspecified atom stereocenters. The van der Waals surface area contributed by atoms with Crippen LogP contribution >= 0.6 is 11.6 Å². The van der Waals surface area contributed by atoms with E-state index in [2.05, 4.69) is 15.3 Å². The first-order valence-electron chi connectivity index (χ1n) is 10.5. The van der Waals surface area contributed by atoms with Crippen molar-refractivity contribution in [1.29, 1.82) is 0 Å². The van der Waals surface area contributed by atoms with Gasteiger partial charge < -0.3 is 19.8 Å². The largest absolute Gasteiger partial charge is 0.490 e. The third kappa shape index (κ3) is 5.57. The number of imidazole rings is 1. The molecule has 0 amide bonds. The number of hydrogen-bond donors (Lipinski definition) is 2. The number of aromatic amines is 1. The quantitative estimate of drug-likeness (QED) is 0.322. The lowest BCUT2D eigenvalue weighted by atomic mass is 10.2. The summed E-state index contributed by atoms with van der Waals surface area (Å²) in [6, 6.07) is 21.9. The second kappa shape index (κ2) is 10.3. The molecule has 0 saturated heterocycles. The van der Waals surface area contributed by atoms with Gasteiger partial charge in [0.15, 0.2) is 11.5 Å². The molecule has 160 valence electrons. The molecule has 0 aliphatic heterocycles. The van der Waals surface area contributed by atoms with Crippen LogP contribution in [0, 0.1) is 0 Å². The maximum absolute atomic E-state index is 6.54. The van der Waals surface area contributed by atoms with Gasteiger partial charge in [0.05, 0.1) is 17.6 Å². The van der Waals surface area contributed by atoms with Gasteiger partial charge in [0, 0.05) is 30.6 Å². The molecule has 2 N–H and O–H groups in total. The van der Waals surface area contributed by atoms with Crippen molar-refractivity contribution in [2.75, 3.05) is 13.2 Å². The van der Waals surface area contributed by atoms with Gasteiger partial charge in [-0.2, -0.15) is 0 Å². The van der Waals surface area contributed by atoms with Gasteiger partial charge in [-0.1, -0.05) is 54.1 Å². The zero-order valence-electron chi connectivity index (χ0n) is 17.5. The second-order valence-corrected chi connectivity index (χ2v) is 7.63. The third-order valence-corrected chi connectivity index (χ3v) is 5.29. The third-order valence-electron chi connectivity index (χ3n) is 4.94. The number of hydrogen-bond acceptors (Lipinski definition) is 4. The topological polar surface area (TPSA) is 59.2 Å². The number of halogens is 1. The molecule has 0 aliphatic carbocycles. The first kappa shape index (κ1) is 21.2. The maximum Gasteiger partial charge on any atom is 0.163 e. The standard InChI is InChI=1S/C25H26ClN3O2/c1-2-30-23-14-19(20(26)15-24(23)31-17-18-8-4-3-5-9-18)16-27-13-12-25-28-21-10-6-7-11-22(21)29-25/h3-11,14-15,27H,2,12-13,16-17H2,1H3,(H,28,29). The van der Waals surface area contributed by atoms with Crippen molar-refractivity contribution < 1.29 is 9.47 Å². The summed E-state index contributed by atoms with van der Waals surface area (Å²) in [4.78, 5) is 7.96. The fourth-order valence-electron chi connectivity index (χ4n) is 3.38. The molecule has 0 saturated carbocycles. The van der Waals surface area contributed by atoms with Gasteiger partial charge in [-0.15, -0.1) is 0 Å². The average Bonchev–Trinajstić information content (AvgIpc) is 3.21. The zero-order chi connectivity index (χ0) is 21.5. The number of nitrogens with one attached hydrogen (secondary N) is 2. The van der Waals surface area contributed by atoms with E-state index in [1.807, 2.05) is 73.7 Å². The molecule has 1 aromatic heterocycles. The van der Waals surface area contributed by atoms with Crippen molar-refractivity contribution in [3.8, 4) is 11.5 Å². The fraction of sp³-hybridized carbons (Fsp3) is 0.240. The van der Waals surface area contributed by atoms with Gasteiger partial charge >= 0.3 is 0 Å². The van der Waals surface area contributed by atoms with Gasteiger partial charge in [0.25, 0.3) is 0 Å². The molecular formula is C25H26ClN3O2. The minimum atomic E-state index is 0.465. The van der Waals surface area contributed by atoms with E-state index in [4.69, 9.17) is 21.1 Å². The number of rotatable bonds is 10. The van der Waals surface area contributed by atoms with Gasteiger partial charge in [-0.05, 0) is 36.2 Å². The van der Waals surface area contributed by atoms with Crippen molar-refractivity contribution in [2.45, 2.75) is 26.5 Å². The molecule has 0 fully saturated rings. The maximum atomic E-state index is 6.54. The molecule has 0 radical (unpaired) electrons. The smallest absolute Gasteiger partial charge is 0.163 e. The van der Waals surface area contributed by atoms with Crippen LogP contribution in [0.3, 0.4) is 0 Å². The number of fused-ring (bicyclic) bond motifs is 1. The Hall–Kier alpha value is -3.02. The Bertz CT molecular complexity index is 1100. The predicted molar refractivity (Wildman–Crippen MR) is 125 cm³/mol. The molecule has 4 aromatic rings. The van der Waals surface area contributed by atoms with Crippen LogP contribution in [0.4, 0.5) is 0 Å². The molecule has 6 heteroatoms. The van der Waals surface area contributed by atoms with E-state index in [1.54, 1.807) is 0 Å². The summed E-state index contributed by atoms with van der Waals surface area (Å²) in [5.74, 6) is 2.33. The van der Waals surface area contributed by atoms with Crippen molar-refractivity contribution in [1.82, 2.24) is 15.3 Å². The summed E-state index contributed by atoms with van der Waals surface area (Å²) in [5, 5.41) is 4.10. The van der Waals surface area contributed by atoms with Crippen LogP contribution in [0.1, 0.15) is 23.9 Å². The van der Waals surface area contributed by atoms with Crippen LogP contribution in [0.25, 0.3) is 11.0 Å². The number of benzene rings is 3. The lowest BCUT2D eigenvalue weighted by Crippen LogP contribution is -2.17. The van der Waals surface area contributed by atoms with E-state index in [0.717, 1.165) is 41.0 Å². The first-order valence-corrected chi connectivity index (χ1v) is 10.9. The highest BCUT2D eigenvalue weighted by atomic mass is 35.5. The van der Waals surface area contributed by atoms with E-state index in [9.17, 15) is 0 Å². The van der Waals surface area contributed by atoms with Crippen molar-refractivity contribution in [2.24, 2.45) is 0 Å². The van der Waals surface area contributed by atoms with E-state index in [0.29, 0.717) is 36.3 Å². The van der Waals surface area contributed by atoms with Crippen LogP contribution < -0.4 is 14.8 Å². The number of nitrogens with zero attached hydrogens (tertiary/aromatic N) is 1. The zero-order valence-corrected chi connectivity index (χ0v) is 18.3. The minimum absolute atomic E-state index is 0.465. The number of ether oxygens (including phenoxy) is 2. The molecule has 3 aromatic carbocycles. The molecule has 0 bridgehead atoms. The minimum Gasteiger partial charge on any atom is -0.490 e. The van der Waals surface area contributed by atoms with Crippen molar-refractivity contribution in [3.05, 3.63) is 88.7 Å². The molecule has 0 aliphatic rings. The SMILES string of the molecule is CCOc1cc(CNCCc2nc3ccccc3[nH]2)c(Cl)cc1OCc1ccccc1. The Morgan fingerprint density at radius 2 is 1.74 bits per heavy atom. The Balaban J connectivity index is 1.36. The molecular weight excluding hydrogens is 410 g/mol. The first-order chi connectivity index (χ1) is 15.2. The molecule has 1 heterocycles. The van der Waals surface area contributed by atoms with Crippen LogP contribution in [-0.4, -0.2) is 23.1 Å². The average molecular weight is 436 g/mol. The summed E-state index contributed by atoms with van der Waals surface area (Å²) in [7, 11) is 0. The van der Waals surface area contributed by atoms with Crippen molar-refractivity contribution >= 4 is 22.6 Å². The summed E-state index contributed by atoms with van der Waals surface area (Å²) in [6.07, 6.45) is 0.808. The highest BCUT2D eigenvalue weighted by Crippen LogP contribution is 2.34. The second-order valence-electron chi connectivity index (χ2n) is 7.23. The highest BCUT2D eigenvalue weighted by Gasteiger charge is 2.12. The van der Waals surface area contributed by atoms with Crippen LogP contribution in [0.15, 0.2) is 66.7 Å². The van der Waals surface area contributed by atoms with Gasteiger partial charge in [-0.3, -0.25) is 0 Å². The van der Waals surface area contributed by atoms with Crippen LogP contribution in [-0.2, 0) is 19.6 Å². The lowest BCUT2D eigenvalue weighted by molar-refractivity contribution is 0.269. The monoisotopic (exact) mass is 435 g/mol. The molecule has 31 heavy (non-hydrogen) atoms. The summed E-state index contributed by atoms with van der Waals surface area (Å²) in [5.41, 5.74) is 4.13. The van der Waals surface area contributed by atoms with Gasteiger partial charge in [-0.25, -0.2) is 4.98 Å². The predicted octanol–water partition coefficient (Wildman–Crippen LogP) is 5.53. The molecule has 5 nitrogen and oxygen atoms in total. The van der Waals surface area contributed by atoms with Crippen LogP contribution in [0.5, 0.6) is 11.5 Å². The van der Waals surface area contributed by atoms with Crippen molar-refractivity contribution in [3.63, 3.8) is 0 Å². The van der Waals surface area contributed by atoms with E-state index in [-0.39, 0.29) is 0 Å². The Morgan fingerprint density at radius 3 is 2.55 bits per heavy atom. The summed E-state index contributed by atoms with van der Waals surface area (Å²) in [6.45, 7) is 4.40. The fourth-order valence-corrected chi connectivity index (χ4v) is 3.60. The van der Waals surface area contributed by atoms with E-state index < -0.39 is 0 Å². The molecule has 0 atom stereocenters.